The molecule has 1 aliphatic heterocycles. The third-order valence-electron chi connectivity index (χ3n) is 4.18. The van der Waals surface area contributed by atoms with Crippen LogP contribution in [0.3, 0.4) is 0 Å². The molecule has 1 fully saturated rings. The van der Waals surface area contributed by atoms with Crippen molar-refractivity contribution in [3.63, 3.8) is 0 Å². The number of nitrogens with zero attached hydrogens (tertiary/aromatic N) is 2. The molecule has 0 radical (unpaired) electrons. The quantitative estimate of drug-likeness (QED) is 0.643. The zero-order valence-corrected chi connectivity index (χ0v) is 15.5. The zero-order chi connectivity index (χ0) is 18.1. The molecule has 7 nitrogen and oxygen atoms in total. The molecule has 0 atom stereocenters. The van der Waals surface area contributed by atoms with Crippen molar-refractivity contribution in [2.75, 3.05) is 53.0 Å². The Morgan fingerprint density at radius 3 is 2.52 bits per heavy atom. The topological polar surface area (TPSA) is 79.0 Å². The van der Waals surface area contributed by atoms with E-state index in [1.807, 2.05) is 0 Å². The lowest BCUT2D eigenvalue weighted by atomic mass is 10.3. The predicted molar refractivity (Wildman–Crippen MR) is 95.8 cm³/mol. The molecule has 0 bridgehead atoms. The normalized spacial score (nSPS) is 15.5. The summed E-state index contributed by atoms with van der Waals surface area (Å²) in [5.74, 6) is 0.00139. The Balaban J connectivity index is 2.03. The van der Waals surface area contributed by atoms with Gasteiger partial charge in [-0.05, 0) is 18.6 Å². The average molecular weight is 369 g/mol. The Bertz CT molecular complexity index is 631. The van der Waals surface area contributed by atoms with E-state index >= 15 is 0 Å². The van der Waals surface area contributed by atoms with Crippen molar-refractivity contribution in [3.8, 4) is 0 Å². The van der Waals surface area contributed by atoms with Crippen molar-refractivity contribution in [1.82, 2.24) is 14.5 Å². The van der Waals surface area contributed by atoms with Gasteiger partial charge < -0.3 is 15.0 Å². The van der Waals surface area contributed by atoms with Crippen molar-refractivity contribution in [2.24, 2.45) is 0 Å². The number of hydrogen-bond donors (Lipinski definition) is 1. The largest absolute Gasteiger partial charge is 0.385 e. The first kappa shape index (κ1) is 19.8. The molecule has 1 heterocycles. The van der Waals surface area contributed by atoms with Gasteiger partial charge in [0.1, 0.15) is 0 Å². The number of nitrogens with one attached hydrogen (secondary N) is 1. The van der Waals surface area contributed by atoms with E-state index in [0.29, 0.717) is 32.7 Å². The molecule has 0 aliphatic carbocycles. The molecule has 1 N–H and O–H groups in total. The van der Waals surface area contributed by atoms with Crippen molar-refractivity contribution in [2.45, 2.75) is 17.7 Å². The van der Waals surface area contributed by atoms with Crippen LogP contribution in [0.1, 0.15) is 12.8 Å². The molecule has 0 unspecified atom stereocenters. The first-order chi connectivity index (χ1) is 12.1. The van der Waals surface area contributed by atoms with E-state index in [1.165, 1.54) is 4.31 Å². The van der Waals surface area contributed by atoms with E-state index in [1.54, 1.807) is 42.3 Å². The van der Waals surface area contributed by atoms with Crippen molar-refractivity contribution in [1.29, 1.82) is 0 Å². The standard InChI is InChI=1S/C17H27N3O4S/c1-24-15-5-11-20(25(22,23)16-6-3-2-4-7-16)12-8-17(21)19-13-9-18-10-14-19/h2-4,6-7,18H,5,8-15H2,1H3. The summed E-state index contributed by atoms with van der Waals surface area (Å²) in [5, 5.41) is 3.20. The number of methoxy groups -OCH3 is 1. The number of carbonyl (C=O) groups excluding carboxylic acids is 1. The molecule has 25 heavy (non-hydrogen) atoms. The molecule has 0 aromatic heterocycles. The minimum absolute atomic E-state index is 0.00139. The monoisotopic (exact) mass is 369 g/mol. The fraction of sp³-hybridized carbons (Fsp3) is 0.588. The third-order valence-corrected chi connectivity index (χ3v) is 6.09. The molecule has 140 valence electrons. The van der Waals surface area contributed by atoms with Crippen LogP contribution >= 0.6 is 0 Å². The number of piperazine rings is 1. The smallest absolute Gasteiger partial charge is 0.243 e. The summed E-state index contributed by atoms with van der Waals surface area (Å²) in [4.78, 5) is 14.4. The molecule has 1 aliphatic rings. The van der Waals surface area contributed by atoms with Crippen LogP contribution in [-0.4, -0.2) is 76.5 Å². The summed E-state index contributed by atoms with van der Waals surface area (Å²) in [6.45, 7) is 3.91. The molecule has 1 amide bonds. The van der Waals surface area contributed by atoms with Crippen LogP contribution in [0.5, 0.6) is 0 Å². The summed E-state index contributed by atoms with van der Waals surface area (Å²) in [7, 11) is -2.03. The number of sulfonamides is 1. The highest BCUT2D eigenvalue weighted by Crippen LogP contribution is 2.16. The molecule has 0 spiro atoms. The Kier molecular flexibility index (Phi) is 7.83. The summed E-state index contributed by atoms with van der Waals surface area (Å²) >= 11 is 0. The highest BCUT2D eigenvalue weighted by molar-refractivity contribution is 7.89. The van der Waals surface area contributed by atoms with Crippen molar-refractivity contribution >= 4 is 15.9 Å². The number of amides is 1. The highest BCUT2D eigenvalue weighted by Gasteiger charge is 2.25. The predicted octanol–water partition coefficient (Wildman–Crippen LogP) is 0.536. The number of benzene rings is 1. The van der Waals surface area contributed by atoms with Crippen LogP contribution in [0.25, 0.3) is 0 Å². The number of ether oxygens (including phenoxy) is 1. The minimum Gasteiger partial charge on any atom is -0.385 e. The van der Waals surface area contributed by atoms with Crippen molar-refractivity contribution in [3.05, 3.63) is 30.3 Å². The number of hydrogen-bond acceptors (Lipinski definition) is 5. The lowest BCUT2D eigenvalue weighted by Crippen LogP contribution is -2.47. The van der Waals surface area contributed by atoms with Crippen LogP contribution in [-0.2, 0) is 19.6 Å². The maximum Gasteiger partial charge on any atom is 0.243 e. The van der Waals surface area contributed by atoms with E-state index in [9.17, 15) is 13.2 Å². The summed E-state index contributed by atoms with van der Waals surface area (Å²) in [5.41, 5.74) is 0. The first-order valence-electron chi connectivity index (χ1n) is 8.58. The average Bonchev–Trinajstić information content (AvgIpc) is 2.65. The van der Waals surface area contributed by atoms with Gasteiger partial charge >= 0.3 is 0 Å². The number of rotatable bonds is 9. The molecule has 1 saturated heterocycles. The van der Waals surface area contributed by atoms with E-state index in [2.05, 4.69) is 5.32 Å². The molecule has 8 heteroatoms. The van der Waals surface area contributed by atoms with Crippen LogP contribution < -0.4 is 5.32 Å². The second kappa shape index (κ2) is 9.86. The number of carbonyl (C=O) groups is 1. The first-order valence-corrected chi connectivity index (χ1v) is 10.0. The highest BCUT2D eigenvalue weighted by atomic mass is 32.2. The second-order valence-corrected chi connectivity index (χ2v) is 7.88. The molecule has 1 aromatic rings. The van der Waals surface area contributed by atoms with Crippen molar-refractivity contribution < 1.29 is 17.9 Å². The van der Waals surface area contributed by atoms with Crippen LogP contribution in [0.15, 0.2) is 35.2 Å². The van der Waals surface area contributed by atoms with Crippen LogP contribution in [0.2, 0.25) is 0 Å². The Morgan fingerprint density at radius 2 is 1.88 bits per heavy atom. The SMILES string of the molecule is COCCCN(CCC(=O)N1CCNCC1)S(=O)(=O)c1ccccc1. The van der Waals surface area contributed by atoms with E-state index in [-0.39, 0.29) is 23.8 Å². The van der Waals surface area contributed by atoms with Gasteiger partial charge in [-0.2, -0.15) is 4.31 Å². The zero-order valence-electron chi connectivity index (χ0n) is 14.7. The third kappa shape index (κ3) is 5.78. The molecule has 2 rings (SSSR count). The van der Waals surface area contributed by atoms with Crippen LogP contribution in [0, 0.1) is 0 Å². The molecule has 1 aromatic carbocycles. The Hall–Kier alpha value is -1.48. The van der Waals surface area contributed by atoms with E-state index in [4.69, 9.17) is 4.74 Å². The minimum atomic E-state index is -3.61. The van der Waals surface area contributed by atoms with Gasteiger partial charge in [0.15, 0.2) is 0 Å². The van der Waals surface area contributed by atoms with E-state index < -0.39 is 10.0 Å². The maximum absolute atomic E-state index is 12.9. The summed E-state index contributed by atoms with van der Waals surface area (Å²) in [6.07, 6.45) is 0.781. The maximum atomic E-state index is 12.9. The van der Waals surface area contributed by atoms with Gasteiger partial charge in [0.25, 0.3) is 0 Å². The van der Waals surface area contributed by atoms with E-state index in [0.717, 1.165) is 13.1 Å². The fourth-order valence-corrected chi connectivity index (χ4v) is 4.27. The summed E-state index contributed by atoms with van der Waals surface area (Å²) in [6, 6.07) is 8.34. The Morgan fingerprint density at radius 1 is 1.20 bits per heavy atom. The second-order valence-electron chi connectivity index (χ2n) is 5.94. The lowest BCUT2D eigenvalue weighted by Gasteiger charge is -2.28. The molecular weight excluding hydrogens is 342 g/mol. The molecule has 0 saturated carbocycles. The van der Waals surface area contributed by atoms with Gasteiger partial charge in [0.2, 0.25) is 15.9 Å². The molecular formula is C17H27N3O4S. The van der Waals surface area contributed by atoms with Gasteiger partial charge in [0.05, 0.1) is 4.90 Å². The van der Waals surface area contributed by atoms with Gasteiger partial charge in [-0.1, -0.05) is 18.2 Å². The van der Waals surface area contributed by atoms with Gasteiger partial charge in [0, 0.05) is 59.4 Å². The fourth-order valence-electron chi connectivity index (χ4n) is 2.77. The van der Waals surface area contributed by atoms with Gasteiger partial charge in [-0.3, -0.25) is 4.79 Å². The lowest BCUT2D eigenvalue weighted by molar-refractivity contribution is -0.131. The van der Waals surface area contributed by atoms with Crippen LogP contribution in [0.4, 0.5) is 0 Å². The van der Waals surface area contributed by atoms with Gasteiger partial charge in [-0.15, -0.1) is 0 Å². The van der Waals surface area contributed by atoms with Gasteiger partial charge in [-0.25, -0.2) is 8.42 Å². The summed E-state index contributed by atoms with van der Waals surface area (Å²) < 4.78 is 32.1. The Labute approximate surface area is 150 Å².